The van der Waals surface area contributed by atoms with Crippen LogP contribution in [0.1, 0.15) is 16.1 Å². The first-order valence-electron chi connectivity index (χ1n) is 4.75. The van der Waals surface area contributed by atoms with Gasteiger partial charge in [-0.3, -0.25) is 0 Å². The molecule has 2 N–H and O–H groups in total. The second kappa shape index (κ2) is 4.13. The van der Waals surface area contributed by atoms with Crippen molar-refractivity contribution in [1.29, 1.82) is 0 Å². The highest BCUT2D eigenvalue weighted by Crippen LogP contribution is 2.40. The van der Waals surface area contributed by atoms with Gasteiger partial charge in [0.1, 0.15) is 16.5 Å². The quantitative estimate of drug-likeness (QED) is 0.881. The minimum atomic E-state index is -1.04. The Labute approximate surface area is 107 Å². The van der Waals surface area contributed by atoms with E-state index in [4.69, 9.17) is 33.0 Å². The van der Waals surface area contributed by atoms with Crippen molar-refractivity contribution in [3.8, 4) is 5.75 Å². The molecule has 0 atom stereocenters. The Kier molecular flexibility index (Phi) is 2.93. The molecule has 2 aromatic rings. The van der Waals surface area contributed by atoms with Gasteiger partial charge >= 0.3 is 5.97 Å². The van der Waals surface area contributed by atoms with Gasteiger partial charge in [0.25, 0.3) is 0 Å². The zero-order valence-electron chi connectivity index (χ0n) is 9.10. The highest BCUT2D eigenvalue weighted by molar-refractivity contribution is 6.46. The lowest BCUT2D eigenvalue weighted by Crippen LogP contribution is -1.98. The van der Waals surface area contributed by atoms with Gasteiger partial charge in [0.2, 0.25) is 0 Å². The Hall–Kier alpha value is -1.39. The summed E-state index contributed by atoms with van der Waals surface area (Å²) in [6.45, 7) is 1.68. The van der Waals surface area contributed by atoms with Crippen molar-refractivity contribution in [2.45, 2.75) is 6.92 Å². The first kappa shape index (κ1) is 12.1. The molecule has 17 heavy (non-hydrogen) atoms. The van der Waals surface area contributed by atoms with E-state index in [1.165, 1.54) is 7.11 Å². The minimum absolute atomic E-state index is 0.103. The van der Waals surface area contributed by atoms with Crippen molar-refractivity contribution >= 4 is 40.1 Å². The zero-order valence-corrected chi connectivity index (χ0v) is 10.6. The number of aromatic nitrogens is 1. The van der Waals surface area contributed by atoms with Crippen molar-refractivity contribution < 1.29 is 14.6 Å². The fourth-order valence-corrected chi connectivity index (χ4v) is 2.35. The lowest BCUT2D eigenvalue weighted by molar-refractivity contribution is 0.0691. The molecule has 0 aliphatic heterocycles. The van der Waals surface area contributed by atoms with Gasteiger partial charge in [-0.15, -0.1) is 0 Å². The second-order valence-electron chi connectivity index (χ2n) is 3.56. The fraction of sp³-hybridized carbons (Fsp3) is 0.182. The van der Waals surface area contributed by atoms with Crippen LogP contribution in [-0.4, -0.2) is 23.2 Å². The average molecular weight is 274 g/mol. The molecule has 0 aliphatic rings. The molecule has 0 unspecified atom stereocenters. The molecule has 0 saturated heterocycles. The van der Waals surface area contributed by atoms with Crippen molar-refractivity contribution in [1.82, 2.24) is 4.98 Å². The van der Waals surface area contributed by atoms with Crippen LogP contribution in [0.5, 0.6) is 5.75 Å². The SMILES string of the molecule is COc1cc2[nH]c(C(=O)O)c(C)c2c(Cl)c1Cl. The third kappa shape index (κ3) is 1.73. The van der Waals surface area contributed by atoms with E-state index in [9.17, 15) is 4.79 Å². The number of hydrogen-bond acceptors (Lipinski definition) is 2. The van der Waals surface area contributed by atoms with Crippen LogP contribution >= 0.6 is 23.2 Å². The number of hydrogen-bond donors (Lipinski definition) is 2. The maximum Gasteiger partial charge on any atom is 0.352 e. The van der Waals surface area contributed by atoms with E-state index >= 15 is 0 Å². The molecule has 0 saturated carbocycles. The van der Waals surface area contributed by atoms with Gasteiger partial charge in [0.15, 0.2) is 0 Å². The molecule has 1 aromatic heterocycles. The fourth-order valence-electron chi connectivity index (χ4n) is 1.78. The Morgan fingerprint density at radius 3 is 2.59 bits per heavy atom. The van der Waals surface area contributed by atoms with Crippen LogP contribution in [0, 0.1) is 6.92 Å². The lowest BCUT2D eigenvalue weighted by atomic mass is 10.1. The van der Waals surface area contributed by atoms with Gasteiger partial charge in [0, 0.05) is 11.5 Å². The van der Waals surface area contributed by atoms with Crippen LogP contribution in [0.3, 0.4) is 0 Å². The van der Waals surface area contributed by atoms with Gasteiger partial charge < -0.3 is 14.8 Å². The number of ether oxygens (including phenoxy) is 1. The van der Waals surface area contributed by atoms with Crippen LogP contribution in [0.4, 0.5) is 0 Å². The number of aromatic amines is 1. The summed E-state index contributed by atoms with van der Waals surface area (Å²) in [6, 6.07) is 1.63. The number of benzene rings is 1. The molecule has 90 valence electrons. The number of aryl methyl sites for hydroxylation is 1. The Morgan fingerprint density at radius 1 is 1.41 bits per heavy atom. The molecule has 2 rings (SSSR count). The van der Waals surface area contributed by atoms with E-state index in [1.807, 2.05) is 0 Å². The van der Waals surface area contributed by atoms with Gasteiger partial charge in [-0.05, 0) is 12.5 Å². The van der Waals surface area contributed by atoms with Crippen LogP contribution in [0.25, 0.3) is 10.9 Å². The predicted octanol–water partition coefficient (Wildman–Crippen LogP) is 3.49. The largest absolute Gasteiger partial charge is 0.495 e. The van der Waals surface area contributed by atoms with Gasteiger partial charge in [-0.1, -0.05) is 23.2 Å². The van der Waals surface area contributed by atoms with Crippen LogP contribution in [0.15, 0.2) is 6.07 Å². The van der Waals surface area contributed by atoms with Gasteiger partial charge in [0.05, 0.1) is 17.6 Å². The van der Waals surface area contributed by atoms with E-state index < -0.39 is 5.97 Å². The van der Waals surface area contributed by atoms with Crippen LogP contribution in [-0.2, 0) is 0 Å². The summed E-state index contributed by atoms with van der Waals surface area (Å²) in [5.74, 6) is -0.632. The molecule has 0 bridgehead atoms. The topological polar surface area (TPSA) is 62.3 Å². The highest BCUT2D eigenvalue weighted by atomic mass is 35.5. The first-order chi connectivity index (χ1) is 7.97. The number of carboxylic acid groups (broad SMARTS) is 1. The summed E-state index contributed by atoms with van der Waals surface area (Å²) in [5.41, 5.74) is 1.25. The van der Waals surface area contributed by atoms with E-state index in [1.54, 1.807) is 13.0 Å². The smallest absolute Gasteiger partial charge is 0.352 e. The number of carbonyl (C=O) groups is 1. The van der Waals surface area contributed by atoms with Crippen molar-refractivity contribution in [3.05, 3.63) is 27.4 Å². The molecule has 0 spiro atoms. The summed E-state index contributed by atoms with van der Waals surface area (Å²) in [7, 11) is 1.47. The number of halogens is 2. The van der Waals surface area contributed by atoms with E-state index in [0.29, 0.717) is 27.2 Å². The molecule has 0 radical (unpaired) electrons. The van der Waals surface area contributed by atoms with E-state index in [0.717, 1.165) is 0 Å². The lowest BCUT2D eigenvalue weighted by Gasteiger charge is -2.05. The van der Waals surface area contributed by atoms with Crippen molar-refractivity contribution in [3.63, 3.8) is 0 Å². The van der Waals surface area contributed by atoms with Crippen molar-refractivity contribution in [2.24, 2.45) is 0 Å². The summed E-state index contributed by atoms with van der Waals surface area (Å²) in [6.07, 6.45) is 0. The molecule has 0 fully saturated rings. The van der Waals surface area contributed by atoms with Crippen LogP contribution < -0.4 is 4.74 Å². The zero-order chi connectivity index (χ0) is 12.7. The van der Waals surface area contributed by atoms with Crippen LogP contribution in [0.2, 0.25) is 10.0 Å². The van der Waals surface area contributed by atoms with Gasteiger partial charge in [-0.25, -0.2) is 4.79 Å². The summed E-state index contributed by atoms with van der Waals surface area (Å²) < 4.78 is 5.06. The number of carboxylic acids is 1. The Balaban J connectivity index is 2.88. The molecule has 1 heterocycles. The van der Waals surface area contributed by atoms with Crippen molar-refractivity contribution in [2.75, 3.05) is 7.11 Å². The van der Waals surface area contributed by atoms with Gasteiger partial charge in [-0.2, -0.15) is 0 Å². The normalized spacial score (nSPS) is 10.8. The molecule has 4 nitrogen and oxygen atoms in total. The average Bonchev–Trinajstić information content (AvgIpc) is 2.61. The minimum Gasteiger partial charge on any atom is -0.495 e. The summed E-state index contributed by atoms with van der Waals surface area (Å²) in [5, 5.41) is 10.2. The molecule has 1 aromatic carbocycles. The predicted molar refractivity (Wildman–Crippen MR) is 66.6 cm³/mol. The number of rotatable bonds is 2. The third-order valence-electron chi connectivity index (χ3n) is 2.62. The molecular formula is C11H9Cl2NO3. The van der Waals surface area contributed by atoms with E-state index in [2.05, 4.69) is 4.98 Å². The number of methoxy groups -OCH3 is 1. The molecule has 6 heteroatoms. The molecule has 0 amide bonds. The molecular weight excluding hydrogens is 265 g/mol. The maximum atomic E-state index is 11.0. The summed E-state index contributed by atoms with van der Waals surface area (Å²) >= 11 is 12.1. The number of H-pyrrole nitrogens is 1. The summed E-state index contributed by atoms with van der Waals surface area (Å²) in [4.78, 5) is 13.8. The Bertz CT molecular complexity index is 619. The maximum absolute atomic E-state index is 11.0. The second-order valence-corrected chi connectivity index (χ2v) is 4.32. The monoisotopic (exact) mass is 273 g/mol. The number of nitrogens with one attached hydrogen (secondary N) is 1. The third-order valence-corrected chi connectivity index (χ3v) is 3.47. The number of aromatic carboxylic acids is 1. The Morgan fingerprint density at radius 2 is 2.06 bits per heavy atom. The first-order valence-corrected chi connectivity index (χ1v) is 5.50. The number of fused-ring (bicyclic) bond motifs is 1. The van der Waals surface area contributed by atoms with E-state index in [-0.39, 0.29) is 10.7 Å². The highest BCUT2D eigenvalue weighted by Gasteiger charge is 2.19. The standard InChI is InChI=1S/C11H9Cl2NO3/c1-4-7-5(14-10(4)11(15)16)3-6(17-2)8(12)9(7)13/h3,14H,1-2H3,(H,15,16). The molecule has 0 aliphatic carbocycles.